The van der Waals surface area contributed by atoms with Crippen molar-refractivity contribution >= 4 is 35.8 Å². The Kier molecular flexibility index (Phi) is 128. The van der Waals surface area contributed by atoms with Crippen LogP contribution in [-0.2, 0) is 28.8 Å². The Balaban J connectivity index is -0.000000349. The largest absolute Gasteiger partial charge is 0.481 e. The number of aliphatic carboxylic acids is 6. The van der Waals surface area contributed by atoms with Crippen molar-refractivity contribution in [1.82, 2.24) is 0 Å². The molecular weight excluding hydrogens is 1590 g/mol. The normalized spacial score (nSPS) is 12.4. The lowest BCUT2D eigenvalue weighted by molar-refractivity contribution is -0.138. The number of hydrogen-bond donors (Lipinski definition) is 6. The summed E-state index contributed by atoms with van der Waals surface area (Å²) in [6.07, 6.45) is 157. The van der Waals surface area contributed by atoms with Crippen LogP contribution in [0.4, 0.5) is 0 Å². The fourth-order valence-corrected chi connectivity index (χ4v) is 11.3. The lowest BCUT2D eigenvalue weighted by Gasteiger charge is -1.98. The Bertz CT molecular complexity index is 3160. The van der Waals surface area contributed by atoms with Crippen LogP contribution < -0.4 is 0 Å². The zero-order chi connectivity index (χ0) is 95.0. The van der Waals surface area contributed by atoms with Gasteiger partial charge in [0.15, 0.2) is 0 Å². The van der Waals surface area contributed by atoms with E-state index in [0.717, 1.165) is 218 Å². The van der Waals surface area contributed by atoms with Crippen LogP contribution in [0.5, 0.6) is 0 Å². The number of hydrogen-bond acceptors (Lipinski definition) is 6. The van der Waals surface area contributed by atoms with Gasteiger partial charge in [-0.15, -0.1) is 0 Å². The molecule has 0 heterocycles. The molecule has 0 saturated carbocycles. The van der Waals surface area contributed by atoms with Gasteiger partial charge in [0.1, 0.15) is 0 Å². The van der Waals surface area contributed by atoms with Gasteiger partial charge in [0.25, 0.3) is 0 Å². The van der Waals surface area contributed by atoms with Gasteiger partial charge >= 0.3 is 35.8 Å². The van der Waals surface area contributed by atoms with Crippen molar-refractivity contribution in [2.24, 2.45) is 0 Å². The molecule has 722 valence electrons. The molecule has 0 saturated heterocycles. The van der Waals surface area contributed by atoms with Gasteiger partial charge in [-0.2, -0.15) is 0 Å². The second kappa shape index (κ2) is 126. The highest BCUT2D eigenvalue weighted by molar-refractivity contribution is 5.68. The summed E-state index contributed by atoms with van der Waals surface area (Å²) in [5.74, 6) is -4.21. The highest BCUT2D eigenvalue weighted by atomic mass is 16.4. The monoisotopic (exact) mass is 1770 g/mol. The zero-order valence-corrected chi connectivity index (χ0v) is 81.7. The summed E-state index contributed by atoms with van der Waals surface area (Å²) in [4.78, 5) is 61.9. The summed E-state index contributed by atoms with van der Waals surface area (Å²) in [6, 6.07) is 0. The maximum Gasteiger partial charge on any atom is 0.303 e. The fourth-order valence-electron chi connectivity index (χ4n) is 11.3. The van der Waals surface area contributed by atoms with E-state index >= 15 is 0 Å². The van der Waals surface area contributed by atoms with E-state index in [1.54, 1.807) is 0 Å². The average Bonchev–Trinajstić information content (AvgIpc) is 1.12. The molecule has 0 aliphatic carbocycles. The topological polar surface area (TPSA) is 224 Å². The van der Waals surface area contributed by atoms with Gasteiger partial charge in [0.2, 0.25) is 0 Å². The summed E-state index contributed by atoms with van der Waals surface area (Å²) >= 11 is 0. The van der Waals surface area contributed by atoms with Gasteiger partial charge in [0.05, 0.1) is 0 Å². The predicted molar refractivity (Wildman–Crippen MR) is 558 cm³/mol. The second-order valence-electron chi connectivity index (χ2n) is 31.1. The van der Waals surface area contributed by atoms with Gasteiger partial charge in [0, 0.05) is 38.5 Å². The number of carbonyl (C=O) groups is 6. The molecule has 0 radical (unpaired) electrons. The van der Waals surface area contributed by atoms with Crippen molar-refractivity contribution in [3.63, 3.8) is 0 Å². The van der Waals surface area contributed by atoms with E-state index in [4.69, 9.17) is 30.6 Å². The van der Waals surface area contributed by atoms with Crippen LogP contribution in [0.1, 0.15) is 414 Å². The van der Waals surface area contributed by atoms with E-state index in [1.165, 1.54) is 109 Å². The van der Waals surface area contributed by atoms with E-state index in [1.807, 2.05) is 12.2 Å². The minimum absolute atomic E-state index is 0.210. The molecule has 0 aliphatic rings. The Morgan fingerprint density at radius 2 is 0.258 bits per heavy atom. The van der Waals surface area contributed by atoms with Crippen LogP contribution >= 0.6 is 0 Å². The first kappa shape index (κ1) is 130. The van der Waals surface area contributed by atoms with E-state index in [0.29, 0.717) is 25.7 Å². The standard InChI is InChI=1S/C22H32O2.C20H32O2.C20H30O2.C18H32O2.2C18H30O2/c1-2-3-4-5-6-7-8-9-10-11-12-13-14-15-16-17-18-19-20-21-22(23)24;2*1-2-3-4-5-6-7-8-9-10-11-12-13-14-15-16-17-18-19-20(21)22;3*1-2-3-4-5-6-7-8-9-10-11-12-13-14-15-16-17-18(19)20/h3-4,6-7,9-10,12-13,15-16,18-19H,2,5,8,11,14,17,20-21H2,1H3,(H,23,24);6-7,9-10,12-13,15-16H,2-5,8,11,14,17-19H2,1H3,(H,21,22);3-4,6-7,9-10,12-13,15-16H,2,5,8,11,14,17-19H2,1H3,(H,21,22);6-7,9-10H,2-5,8,11-17H2,1H3,(H,19,20);6-7,9-10,12-13H,2-5,8,11,14-17H2,1H3,(H,19,20);3-4,6-7,9-10H,2,5,8,11-17H2,1H3,(H,19,20)/b4-3-,7-6-,10-9-,13-12-,16-15-,19-18-;7-6-,10-9-,13-12-,16-15-;4-3-,7-6-,10-9-,13-12-,16-15-;7-6-,10-9-;7-6-,10-9-,13-12-;4-3-,7-6-,10-9-. The molecule has 0 rings (SSSR count). The van der Waals surface area contributed by atoms with Crippen LogP contribution in [0, 0.1) is 0 Å². The summed E-state index contributed by atoms with van der Waals surface area (Å²) in [5.41, 5.74) is 0. The fraction of sp³-hybridized carbons (Fsp3) is 0.552. The van der Waals surface area contributed by atoms with Crippen molar-refractivity contribution in [2.45, 2.75) is 414 Å². The number of rotatable bonds is 81. The van der Waals surface area contributed by atoms with Crippen molar-refractivity contribution in [3.05, 3.63) is 279 Å². The molecule has 0 aromatic carbocycles. The SMILES string of the molecule is CC/C=C\C/C=C\C/C=C\C/C=C\C/C=C\C/C=C\CCC(=O)O.CC/C=C\C/C=C\C/C=C\C/C=C\C/C=C\CCCC(=O)O.CC/C=C\C/C=C\C/C=C\CCCCCCCC(=O)O.CCCCC/C=C\C/C=C\C/C=C\C/C=C\CCCC(=O)O.CCCCC/C=C\C/C=C\C/C=C\CCCCC(=O)O.CCCCC/C=C\C/C=C\CCCCCCCC(=O)O. The molecule has 0 bridgehead atoms. The predicted octanol–water partition coefficient (Wildman–Crippen LogP) is 36.0. The maximum atomic E-state index is 10.3. The van der Waals surface area contributed by atoms with Crippen LogP contribution in [-0.4, -0.2) is 66.5 Å². The van der Waals surface area contributed by atoms with Gasteiger partial charge in [-0.05, 0) is 257 Å². The third-order valence-corrected chi connectivity index (χ3v) is 18.7. The summed E-state index contributed by atoms with van der Waals surface area (Å²) in [7, 11) is 0. The molecule has 6 N–H and O–H groups in total. The first-order valence-corrected chi connectivity index (χ1v) is 49.9. The van der Waals surface area contributed by atoms with Gasteiger partial charge in [-0.1, -0.05) is 398 Å². The average molecular weight is 1770 g/mol. The molecule has 0 fully saturated rings. The maximum absolute atomic E-state index is 10.3. The third kappa shape index (κ3) is 154. The minimum atomic E-state index is -0.741. The molecule has 0 unspecified atom stereocenters. The van der Waals surface area contributed by atoms with Gasteiger partial charge in [-0.3, -0.25) is 28.8 Å². The Morgan fingerprint density at radius 1 is 0.133 bits per heavy atom. The van der Waals surface area contributed by atoms with E-state index < -0.39 is 35.8 Å². The van der Waals surface area contributed by atoms with Crippen molar-refractivity contribution in [1.29, 1.82) is 0 Å². The van der Waals surface area contributed by atoms with Crippen LogP contribution in [0.15, 0.2) is 279 Å². The lowest BCUT2D eigenvalue weighted by atomic mass is 10.1. The molecule has 128 heavy (non-hydrogen) atoms. The molecular formula is C116H186O12. The highest BCUT2D eigenvalue weighted by Crippen LogP contribution is 2.12. The van der Waals surface area contributed by atoms with Crippen LogP contribution in [0.2, 0.25) is 0 Å². The van der Waals surface area contributed by atoms with E-state index in [2.05, 4.69) is 309 Å². The summed E-state index contributed by atoms with van der Waals surface area (Å²) in [5, 5.41) is 51.0. The quantitative estimate of drug-likeness (QED) is 0.0247. The smallest absolute Gasteiger partial charge is 0.303 e. The molecule has 12 heteroatoms. The van der Waals surface area contributed by atoms with E-state index in [9.17, 15) is 28.8 Å². The highest BCUT2D eigenvalue weighted by Gasteiger charge is 2.00. The molecule has 0 atom stereocenters. The summed E-state index contributed by atoms with van der Waals surface area (Å²) < 4.78 is 0. The first-order valence-electron chi connectivity index (χ1n) is 49.9. The Labute approximate surface area is 784 Å². The summed E-state index contributed by atoms with van der Waals surface area (Å²) in [6.45, 7) is 13.1. The molecule has 0 spiro atoms. The number of carboxylic acids is 6. The number of unbranched alkanes of at least 4 members (excludes halogenated alkanes) is 23. The van der Waals surface area contributed by atoms with E-state index in [-0.39, 0.29) is 19.3 Å². The second-order valence-corrected chi connectivity index (χ2v) is 31.1. The van der Waals surface area contributed by atoms with Crippen molar-refractivity contribution < 1.29 is 59.4 Å². The molecule has 0 aromatic heterocycles. The third-order valence-electron chi connectivity index (χ3n) is 18.7. The zero-order valence-electron chi connectivity index (χ0n) is 81.7. The van der Waals surface area contributed by atoms with Crippen LogP contribution in [0.25, 0.3) is 0 Å². The number of allylic oxidation sites excluding steroid dienone is 46. The molecule has 0 amide bonds. The van der Waals surface area contributed by atoms with Crippen molar-refractivity contribution in [2.75, 3.05) is 0 Å². The van der Waals surface area contributed by atoms with Gasteiger partial charge < -0.3 is 30.6 Å². The number of carboxylic acid groups (broad SMARTS) is 6. The van der Waals surface area contributed by atoms with Crippen molar-refractivity contribution in [3.8, 4) is 0 Å². The first-order chi connectivity index (χ1) is 62.6. The molecule has 0 aliphatic heterocycles. The minimum Gasteiger partial charge on any atom is -0.481 e. The van der Waals surface area contributed by atoms with Gasteiger partial charge in [-0.25, -0.2) is 0 Å². The Morgan fingerprint density at radius 3 is 0.438 bits per heavy atom. The molecule has 0 aromatic rings. The van der Waals surface area contributed by atoms with Crippen LogP contribution in [0.3, 0.4) is 0 Å². The lowest BCUT2D eigenvalue weighted by Crippen LogP contribution is -1.93. The molecule has 12 nitrogen and oxygen atoms in total. The Hall–Kier alpha value is -9.16.